The smallest absolute Gasteiger partial charge is 0.319 e. The number of carbonyl (C=O) groups excluding carboxylic acids is 1. The lowest BCUT2D eigenvalue weighted by atomic mass is 10.3. The number of esters is 1. The van der Waals surface area contributed by atoms with Crippen LogP contribution in [-0.2, 0) is 19.4 Å². The van der Waals surface area contributed by atoms with E-state index in [4.69, 9.17) is 0 Å². The Bertz CT molecular complexity index is 311. The van der Waals surface area contributed by atoms with Crippen molar-refractivity contribution in [2.24, 2.45) is 0 Å². The van der Waals surface area contributed by atoms with Gasteiger partial charge in [0.25, 0.3) is 0 Å². The zero-order chi connectivity index (χ0) is 12.8. The molecule has 0 amide bonds. The van der Waals surface area contributed by atoms with E-state index in [1.165, 1.54) is 7.11 Å². The molecule has 0 fully saturated rings. The first-order valence-corrected chi connectivity index (χ1v) is 7.15. The highest BCUT2D eigenvalue weighted by Gasteiger charge is 2.17. The largest absolute Gasteiger partial charge is 0.468 e. The Morgan fingerprint density at radius 2 is 1.94 bits per heavy atom. The molecular formula is C10H21NO4S. The molecule has 0 saturated heterocycles. The second-order valence-corrected chi connectivity index (χ2v) is 6.35. The highest BCUT2D eigenvalue weighted by atomic mass is 32.2. The molecule has 0 atom stereocenters. The topological polar surface area (TPSA) is 63.7 Å². The summed E-state index contributed by atoms with van der Waals surface area (Å²) < 4.78 is 27.2. The molecule has 0 aromatic carbocycles. The summed E-state index contributed by atoms with van der Waals surface area (Å²) in [5.74, 6) is -0.127. The van der Waals surface area contributed by atoms with Gasteiger partial charge < -0.3 is 4.74 Å². The van der Waals surface area contributed by atoms with Crippen molar-refractivity contribution in [3.8, 4) is 0 Å². The van der Waals surface area contributed by atoms with Crippen LogP contribution in [0, 0.1) is 0 Å². The van der Waals surface area contributed by atoms with Crippen LogP contribution in [0.25, 0.3) is 0 Å². The number of ether oxygens (including phenoxy) is 1. The van der Waals surface area contributed by atoms with Crippen molar-refractivity contribution in [1.29, 1.82) is 0 Å². The van der Waals surface area contributed by atoms with Crippen LogP contribution in [0.15, 0.2) is 0 Å². The summed E-state index contributed by atoms with van der Waals surface area (Å²) in [5.41, 5.74) is 0. The molecule has 0 heterocycles. The molecule has 0 saturated carbocycles. The van der Waals surface area contributed by atoms with E-state index in [2.05, 4.69) is 4.74 Å². The minimum absolute atomic E-state index is 0.0820. The van der Waals surface area contributed by atoms with Gasteiger partial charge in [-0.05, 0) is 13.8 Å². The van der Waals surface area contributed by atoms with Gasteiger partial charge in [-0.1, -0.05) is 6.92 Å². The predicted molar refractivity (Wildman–Crippen MR) is 63.1 cm³/mol. The molecule has 0 aliphatic carbocycles. The first kappa shape index (κ1) is 15.4. The van der Waals surface area contributed by atoms with Crippen LogP contribution < -0.4 is 0 Å². The minimum Gasteiger partial charge on any atom is -0.468 e. The normalized spacial score (nSPS) is 12.1. The Labute approximate surface area is 97.7 Å². The summed E-state index contributed by atoms with van der Waals surface area (Å²) >= 11 is 0. The predicted octanol–water partition coefficient (Wildman–Crippen LogP) is 0.305. The van der Waals surface area contributed by atoms with E-state index in [1.807, 2.05) is 13.8 Å². The first-order valence-electron chi connectivity index (χ1n) is 5.33. The highest BCUT2D eigenvalue weighted by molar-refractivity contribution is 7.91. The maximum Gasteiger partial charge on any atom is 0.319 e. The zero-order valence-electron chi connectivity index (χ0n) is 10.4. The van der Waals surface area contributed by atoms with E-state index in [9.17, 15) is 13.2 Å². The fourth-order valence-corrected chi connectivity index (χ4v) is 1.95. The maximum absolute atomic E-state index is 11.3. The van der Waals surface area contributed by atoms with Crippen molar-refractivity contribution in [1.82, 2.24) is 4.90 Å². The van der Waals surface area contributed by atoms with Gasteiger partial charge in [-0.25, -0.2) is 8.42 Å². The van der Waals surface area contributed by atoms with Gasteiger partial charge in [0, 0.05) is 18.3 Å². The Hall–Kier alpha value is -0.620. The number of hydrogen-bond donors (Lipinski definition) is 0. The van der Waals surface area contributed by atoms with E-state index < -0.39 is 9.84 Å². The Balaban J connectivity index is 4.31. The van der Waals surface area contributed by atoms with Gasteiger partial charge in [0.2, 0.25) is 0 Å². The molecule has 16 heavy (non-hydrogen) atoms. The number of carbonyl (C=O) groups is 1. The minimum atomic E-state index is -2.98. The Kier molecular flexibility index (Phi) is 6.59. The molecule has 5 nitrogen and oxygen atoms in total. The second kappa shape index (κ2) is 6.85. The third-order valence-corrected chi connectivity index (χ3v) is 4.10. The first-order chi connectivity index (χ1) is 7.32. The summed E-state index contributed by atoms with van der Waals surface area (Å²) in [7, 11) is -1.66. The van der Waals surface area contributed by atoms with E-state index >= 15 is 0 Å². The van der Waals surface area contributed by atoms with Gasteiger partial charge in [-0.3, -0.25) is 9.69 Å². The third-order valence-electron chi connectivity index (χ3n) is 2.42. The molecule has 0 spiro atoms. The summed E-state index contributed by atoms with van der Waals surface area (Å²) in [6.45, 7) is 5.95. The number of rotatable bonds is 7. The fraction of sp³-hybridized carbons (Fsp3) is 0.900. The number of sulfone groups is 1. The quantitative estimate of drug-likeness (QED) is 0.609. The Morgan fingerprint density at radius 3 is 2.31 bits per heavy atom. The zero-order valence-corrected chi connectivity index (χ0v) is 11.2. The van der Waals surface area contributed by atoms with Crippen LogP contribution >= 0.6 is 0 Å². The van der Waals surface area contributed by atoms with Gasteiger partial charge in [0.05, 0.1) is 19.4 Å². The van der Waals surface area contributed by atoms with E-state index in [0.29, 0.717) is 6.54 Å². The van der Waals surface area contributed by atoms with Crippen molar-refractivity contribution < 1.29 is 17.9 Å². The van der Waals surface area contributed by atoms with Crippen molar-refractivity contribution in [3.05, 3.63) is 0 Å². The molecule has 0 unspecified atom stereocenters. The lowest BCUT2D eigenvalue weighted by molar-refractivity contribution is -0.142. The van der Waals surface area contributed by atoms with Crippen LogP contribution in [0.5, 0.6) is 0 Å². The summed E-state index contributed by atoms with van der Waals surface area (Å²) in [5, 5.41) is 0. The Morgan fingerprint density at radius 1 is 1.38 bits per heavy atom. The van der Waals surface area contributed by atoms with Crippen LogP contribution in [0.3, 0.4) is 0 Å². The van der Waals surface area contributed by atoms with Crippen LogP contribution in [-0.4, -0.2) is 57.0 Å². The van der Waals surface area contributed by atoms with Gasteiger partial charge in [-0.2, -0.15) is 0 Å². The van der Waals surface area contributed by atoms with Crippen molar-refractivity contribution in [2.75, 3.05) is 31.7 Å². The molecule has 0 bridgehead atoms. The van der Waals surface area contributed by atoms with Gasteiger partial charge >= 0.3 is 5.97 Å². The molecule has 6 heteroatoms. The number of nitrogens with zero attached hydrogens (tertiary/aromatic N) is 1. The van der Waals surface area contributed by atoms with E-state index in [1.54, 1.807) is 11.8 Å². The van der Waals surface area contributed by atoms with Gasteiger partial charge in [0.15, 0.2) is 9.84 Å². The van der Waals surface area contributed by atoms with Crippen LogP contribution in [0.1, 0.15) is 20.8 Å². The molecule has 0 N–H and O–H groups in total. The van der Waals surface area contributed by atoms with Crippen molar-refractivity contribution in [3.63, 3.8) is 0 Å². The number of methoxy groups -OCH3 is 1. The molecule has 96 valence electrons. The highest BCUT2D eigenvalue weighted by Crippen LogP contribution is 2.00. The van der Waals surface area contributed by atoms with E-state index in [-0.39, 0.29) is 30.1 Å². The molecule has 0 radical (unpaired) electrons. The average molecular weight is 251 g/mol. The molecule has 0 aromatic heterocycles. The van der Waals surface area contributed by atoms with Crippen molar-refractivity contribution >= 4 is 15.8 Å². The third kappa shape index (κ3) is 6.07. The standard InChI is InChI=1S/C10H21NO4S/c1-5-16(13,14)7-6-11(9(2)3)8-10(12)15-4/h9H,5-8H2,1-4H3. The molecule has 0 aromatic rings. The monoisotopic (exact) mass is 251 g/mol. The average Bonchev–Trinajstić information content (AvgIpc) is 2.23. The molecule has 0 aliphatic rings. The number of hydrogen-bond acceptors (Lipinski definition) is 5. The molecule has 0 rings (SSSR count). The summed E-state index contributed by atoms with van der Waals surface area (Å²) in [6, 6.07) is 0.117. The lowest BCUT2D eigenvalue weighted by Gasteiger charge is -2.24. The molecular weight excluding hydrogens is 230 g/mol. The van der Waals surface area contributed by atoms with Gasteiger partial charge in [0.1, 0.15) is 0 Å². The van der Waals surface area contributed by atoms with Crippen LogP contribution in [0.4, 0.5) is 0 Å². The molecule has 0 aliphatic heterocycles. The fourth-order valence-electron chi connectivity index (χ4n) is 1.15. The van der Waals surface area contributed by atoms with E-state index in [0.717, 1.165) is 0 Å². The summed E-state index contributed by atoms with van der Waals surface area (Å²) in [4.78, 5) is 12.9. The second-order valence-electron chi connectivity index (χ2n) is 3.88. The maximum atomic E-state index is 11.3. The summed E-state index contributed by atoms with van der Waals surface area (Å²) in [6.07, 6.45) is 0. The van der Waals surface area contributed by atoms with Crippen LogP contribution in [0.2, 0.25) is 0 Å². The lowest BCUT2D eigenvalue weighted by Crippen LogP contribution is -2.39. The SMILES string of the molecule is CCS(=O)(=O)CCN(CC(=O)OC)C(C)C. The van der Waals surface area contributed by atoms with Gasteiger partial charge in [-0.15, -0.1) is 0 Å². The van der Waals surface area contributed by atoms with Crippen molar-refractivity contribution in [2.45, 2.75) is 26.8 Å².